The number of amides is 1. The van der Waals surface area contributed by atoms with Gasteiger partial charge in [-0.1, -0.05) is 12.1 Å². The Morgan fingerprint density at radius 1 is 1.12 bits per heavy atom. The second kappa shape index (κ2) is 7.84. The molecule has 1 heterocycles. The van der Waals surface area contributed by atoms with Crippen molar-refractivity contribution in [3.05, 3.63) is 36.4 Å². The molecule has 0 aliphatic rings. The van der Waals surface area contributed by atoms with Crippen LogP contribution >= 0.6 is 0 Å². The van der Waals surface area contributed by atoms with E-state index < -0.39 is 15.8 Å². The van der Waals surface area contributed by atoms with Gasteiger partial charge in [0.25, 0.3) is 0 Å². The van der Waals surface area contributed by atoms with Gasteiger partial charge in [-0.3, -0.25) is 9.59 Å². The average molecular weight is 363 g/mol. The van der Waals surface area contributed by atoms with Crippen molar-refractivity contribution in [2.45, 2.75) is 24.3 Å². The number of nitrogens with one attached hydrogen (secondary N) is 1. The van der Waals surface area contributed by atoms with E-state index in [1.165, 1.54) is 12.1 Å². The van der Waals surface area contributed by atoms with Crippen molar-refractivity contribution in [2.24, 2.45) is 0 Å². The zero-order chi connectivity index (χ0) is 18.4. The van der Waals surface area contributed by atoms with E-state index in [0.29, 0.717) is 16.9 Å². The van der Waals surface area contributed by atoms with Gasteiger partial charge >= 0.3 is 5.97 Å². The Hall–Kier alpha value is -2.81. The summed E-state index contributed by atoms with van der Waals surface area (Å²) in [5.41, 5.74) is 1.66. The van der Waals surface area contributed by atoms with E-state index in [-0.39, 0.29) is 30.2 Å². The lowest BCUT2D eigenvalue weighted by molar-refractivity contribution is -0.137. The van der Waals surface area contributed by atoms with E-state index in [2.05, 4.69) is 15.5 Å². The van der Waals surface area contributed by atoms with Crippen molar-refractivity contribution in [1.29, 1.82) is 0 Å². The number of carboxylic acids is 1. The number of sulfone groups is 1. The van der Waals surface area contributed by atoms with Gasteiger partial charge in [-0.15, -0.1) is 10.2 Å². The molecule has 0 aliphatic heterocycles. The molecule has 0 saturated heterocycles. The topological polar surface area (TPSA) is 126 Å². The molecule has 1 aromatic heterocycles. The SMILES string of the molecule is CS(=O)(=O)c1ccc(-c2cccc(NC(=O)CCCC(=O)O)c2)nn1. The predicted octanol–water partition coefficient (Wildman–Crippen LogP) is 1.74. The molecule has 25 heavy (non-hydrogen) atoms. The first-order valence-corrected chi connectivity index (χ1v) is 9.31. The summed E-state index contributed by atoms with van der Waals surface area (Å²) in [6.07, 6.45) is 1.37. The Bertz CT molecular complexity index is 879. The zero-order valence-corrected chi connectivity index (χ0v) is 14.3. The van der Waals surface area contributed by atoms with E-state index in [1.807, 2.05) is 0 Å². The zero-order valence-electron chi connectivity index (χ0n) is 13.5. The molecule has 1 aromatic carbocycles. The summed E-state index contributed by atoms with van der Waals surface area (Å²) in [6, 6.07) is 9.75. The fraction of sp³-hybridized carbons (Fsp3) is 0.250. The maximum absolute atomic E-state index is 11.8. The number of anilines is 1. The molecule has 0 aliphatic carbocycles. The lowest BCUT2D eigenvalue weighted by Crippen LogP contribution is -2.11. The molecule has 132 valence electrons. The number of aromatic nitrogens is 2. The molecule has 8 nitrogen and oxygen atoms in total. The third-order valence-corrected chi connectivity index (χ3v) is 4.23. The number of carboxylic acid groups (broad SMARTS) is 1. The Kier molecular flexibility index (Phi) is 5.81. The van der Waals surface area contributed by atoms with Gasteiger partial charge in [0.2, 0.25) is 5.91 Å². The normalized spacial score (nSPS) is 11.1. The van der Waals surface area contributed by atoms with Crippen LogP contribution in [0.15, 0.2) is 41.4 Å². The number of carbonyl (C=O) groups is 2. The predicted molar refractivity (Wildman–Crippen MR) is 90.7 cm³/mol. The fourth-order valence-electron chi connectivity index (χ4n) is 2.05. The van der Waals surface area contributed by atoms with Crippen molar-refractivity contribution in [2.75, 3.05) is 11.6 Å². The number of hydrogen-bond acceptors (Lipinski definition) is 6. The number of rotatable bonds is 7. The van der Waals surface area contributed by atoms with Crippen LogP contribution in [0, 0.1) is 0 Å². The summed E-state index contributed by atoms with van der Waals surface area (Å²) in [5.74, 6) is -1.22. The molecule has 1 amide bonds. The number of aliphatic carboxylic acids is 1. The molecule has 2 rings (SSSR count). The van der Waals surface area contributed by atoms with Crippen LogP contribution in [0.4, 0.5) is 5.69 Å². The van der Waals surface area contributed by atoms with Gasteiger partial charge in [0.1, 0.15) is 0 Å². The summed E-state index contributed by atoms with van der Waals surface area (Å²) < 4.78 is 22.8. The minimum atomic E-state index is -3.41. The number of benzene rings is 1. The number of carbonyl (C=O) groups excluding carboxylic acids is 1. The quantitative estimate of drug-likeness (QED) is 0.767. The molecular weight excluding hydrogens is 346 g/mol. The van der Waals surface area contributed by atoms with Crippen LogP contribution in [0.5, 0.6) is 0 Å². The lowest BCUT2D eigenvalue weighted by atomic mass is 10.1. The Balaban J connectivity index is 2.08. The number of hydrogen-bond donors (Lipinski definition) is 2. The second-order valence-electron chi connectivity index (χ2n) is 5.41. The van der Waals surface area contributed by atoms with Gasteiger partial charge in [0, 0.05) is 30.3 Å². The van der Waals surface area contributed by atoms with E-state index in [0.717, 1.165) is 6.26 Å². The molecule has 0 fully saturated rings. The molecule has 2 aromatic rings. The number of nitrogens with zero attached hydrogens (tertiary/aromatic N) is 2. The largest absolute Gasteiger partial charge is 0.481 e. The van der Waals surface area contributed by atoms with Crippen LogP contribution in [0.1, 0.15) is 19.3 Å². The Morgan fingerprint density at radius 2 is 1.88 bits per heavy atom. The highest BCUT2D eigenvalue weighted by Gasteiger charge is 2.11. The highest BCUT2D eigenvalue weighted by molar-refractivity contribution is 7.90. The molecule has 0 atom stereocenters. The van der Waals surface area contributed by atoms with Crippen LogP contribution in [0.2, 0.25) is 0 Å². The third kappa shape index (κ3) is 5.64. The van der Waals surface area contributed by atoms with Gasteiger partial charge in [0.15, 0.2) is 14.9 Å². The molecule has 0 radical (unpaired) electrons. The van der Waals surface area contributed by atoms with Crippen LogP contribution in [-0.4, -0.2) is 41.9 Å². The summed E-state index contributed by atoms with van der Waals surface area (Å²) in [4.78, 5) is 22.2. The van der Waals surface area contributed by atoms with E-state index in [4.69, 9.17) is 5.11 Å². The van der Waals surface area contributed by atoms with Gasteiger partial charge < -0.3 is 10.4 Å². The summed E-state index contributed by atoms with van der Waals surface area (Å²) >= 11 is 0. The van der Waals surface area contributed by atoms with Gasteiger partial charge in [-0.2, -0.15) is 0 Å². The molecule has 0 unspecified atom stereocenters. The highest BCUT2D eigenvalue weighted by atomic mass is 32.2. The first-order chi connectivity index (χ1) is 11.8. The molecule has 0 bridgehead atoms. The van der Waals surface area contributed by atoms with Crippen LogP contribution < -0.4 is 5.32 Å². The summed E-state index contributed by atoms with van der Waals surface area (Å²) in [6.45, 7) is 0. The minimum absolute atomic E-state index is 0.0598. The summed E-state index contributed by atoms with van der Waals surface area (Å²) in [7, 11) is -3.41. The van der Waals surface area contributed by atoms with Gasteiger partial charge in [-0.25, -0.2) is 8.42 Å². The fourth-order valence-corrected chi connectivity index (χ4v) is 2.56. The van der Waals surface area contributed by atoms with Crippen LogP contribution in [0.25, 0.3) is 11.3 Å². The second-order valence-corrected chi connectivity index (χ2v) is 7.37. The van der Waals surface area contributed by atoms with Crippen molar-refractivity contribution in [1.82, 2.24) is 10.2 Å². The molecule has 0 spiro atoms. The Labute approximate surface area is 144 Å². The smallest absolute Gasteiger partial charge is 0.303 e. The minimum Gasteiger partial charge on any atom is -0.481 e. The molecule has 9 heteroatoms. The maximum atomic E-state index is 11.8. The first-order valence-electron chi connectivity index (χ1n) is 7.41. The van der Waals surface area contributed by atoms with Crippen molar-refractivity contribution < 1.29 is 23.1 Å². The van der Waals surface area contributed by atoms with Gasteiger partial charge in [0.05, 0.1) is 5.69 Å². The van der Waals surface area contributed by atoms with Crippen LogP contribution in [-0.2, 0) is 19.4 Å². The third-order valence-electron chi connectivity index (χ3n) is 3.26. The Morgan fingerprint density at radius 3 is 2.48 bits per heavy atom. The van der Waals surface area contributed by atoms with Gasteiger partial charge in [-0.05, 0) is 30.7 Å². The van der Waals surface area contributed by atoms with Crippen LogP contribution in [0.3, 0.4) is 0 Å². The van der Waals surface area contributed by atoms with Crippen molar-refractivity contribution in [3.8, 4) is 11.3 Å². The first kappa shape index (κ1) is 18.5. The molecule has 2 N–H and O–H groups in total. The van der Waals surface area contributed by atoms with Crippen molar-refractivity contribution >= 4 is 27.4 Å². The standard InChI is InChI=1S/C16H17N3O5S/c1-25(23,24)15-9-8-13(18-19-15)11-4-2-5-12(10-11)17-14(20)6-3-7-16(21)22/h2,4-5,8-10H,3,6-7H2,1H3,(H,17,20)(H,21,22). The summed E-state index contributed by atoms with van der Waals surface area (Å²) in [5, 5.41) is 18.7. The monoisotopic (exact) mass is 363 g/mol. The maximum Gasteiger partial charge on any atom is 0.303 e. The lowest BCUT2D eigenvalue weighted by Gasteiger charge is -2.07. The van der Waals surface area contributed by atoms with E-state index >= 15 is 0 Å². The average Bonchev–Trinajstić information content (AvgIpc) is 2.54. The molecule has 0 saturated carbocycles. The highest BCUT2D eigenvalue weighted by Crippen LogP contribution is 2.21. The van der Waals surface area contributed by atoms with E-state index in [1.54, 1.807) is 24.3 Å². The molecular formula is C16H17N3O5S. The van der Waals surface area contributed by atoms with Crippen molar-refractivity contribution in [3.63, 3.8) is 0 Å². The van der Waals surface area contributed by atoms with E-state index in [9.17, 15) is 18.0 Å².